The van der Waals surface area contributed by atoms with Gasteiger partial charge >= 0.3 is 6.18 Å². The van der Waals surface area contributed by atoms with Crippen LogP contribution in [-0.4, -0.2) is 29.7 Å². The van der Waals surface area contributed by atoms with E-state index in [-0.39, 0.29) is 12.1 Å². The van der Waals surface area contributed by atoms with Crippen molar-refractivity contribution >= 4 is 5.82 Å². The highest BCUT2D eigenvalue weighted by molar-refractivity contribution is 5.37. The Morgan fingerprint density at radius 2 is 2.12 bits per heavy atom. The maximum atomic E-state index is 12.2. The van der Waals surface area contributed by atoms with Crippen molar-refractivity contribution in [1.82, 2.24) is 9.97 Å². The van der Waals surface area contributed by atoms with E-state index in [4.69, 9.17) is 5.26 Å². The number of nitrogens with zero attached hydrogens (tertiary/aromatic N) is 4. The topological polar surface area (TPSA) is 52.8 Å². The Morgan fingerprint density at radius 1 is 1.41 bits per heavy atom. The monoisotopic (exact) mass is 244 g/mol. The van der Waals surface area contributed by atoms with Gasteiger partial charge in [0.05, 0.1) is 24.6 Å². The molecule has 0 aliphatic carbocycles. The summed E-state index contributed by atoms with van der Waals surface area (Å²) < 4.78 is 36.5. The predicted molar refractivity (Wildman–Crippen MR) is 55.3 cm³/mol. The number of hydrogen-bond acceptors (Lipinski definition) is 4. The van der Waals surface area contributed by atoms with Crippen LogP contribution in [0.3, 0.4) is 0 Å². The lowest BCUT2D eigenvalue weighted by Gasteiger charge is -2.16. The van der Waals surface area contributed by atoms with Gasteiger partial charge in [0.1, 0.15) is 12.1 Å². The van der Waals surface area contributed by atoms with Crippen LogP contribution in [0.2, 0.25) is 0 Å². The van der Waals surface area contributed by atoms with E-state index in [1.54, 1.807) is 11.9 Å². The first-order valence-corrected chi connectivity index (χ1v) is 4.88. The number of aromatic nitrogens is 2. The van der Waals surface area contributed by atoms with Crippen LogP contribution in [0.5, 0.6) is 0 Å². The summed E-state index contributed by atoms with van der Waals surface area (Å²) in [6.07, 6.45) is -3.97. The van der Waals surface area contributed by atoms with E-state index in [0.717, 1.165) is 6.33 Å². The largest absolute Gasteiger partial charge is 0.394 e. The molecule has 17 heavy (non-hydrogen) atoms. The summed E-state index contributed by atoms with van der Waals surface area (Å²) in [6.45, 7) is 0.416. The average Bonchev–Trinajstić information content (AvgIpc) is 2.24. The van der Waals surface area contributed by atoms with Crippen molar-refractivity contribution in [2.75, 3.05) is 18.5 Å². The van der Waals surface area contributed by atoms with E-state index >= 15 is 0 Å². The van der Waals surface area contributed by atoms with Crippen molar-refractivity contribution in [3.8, 4) is 6.07 Å². The first-order chi connectivity index (χ1) is 7.92. The molecule has 0 radical (unpaired) electrons. The Hall–Kier alpha value is -1.84. The molecule has 92 valence electrons. The lowest BCUT2D eigenvalue weighted by atomic mass is 10.3. The van der Waals surface area contributed by atoms with E-state index in [0.29, 0.717) is 12.4 Å². The molecule has 0 aromatic carbocycles. The van der Waals surface area contributed by atoms with Gasteiger partial charge in [0.15, 0.2) is 0 Å². The minimum atomic E-state index is -4.28. The van der Waals surface area contributed by atoms with Gasteiger partial charge in [-0.1, -0.05) is 0 Å². The normalized spacial score (nSPS) is 11.0. The molecule has 0 bridgehead atoms. The Labute approximate surface area is 96.7 Å². The summed E-state index contributed by atoms with van der Waals surface area (Å²) in [5, 5.41) is 8.41. The smallest absolute Gasteiger partial charge is 0.359 e. The molecule has 1 aromatic heterocycles. The Kier molecular flexibility index (Phi) is 4.26. The van der Waals surface area contributed by atoms with Crippen molar-refractivity contribution < 1.29 is 13.2 Å². The second kappa shape index (κ2) is 5.48. The Morgan fingerprint density at radius 3 is 2.71 bits per heavy atom. The van der Waals surface area contributed by atoms with Crippen molar-refractivity contribution in [3.05, 3.63) is 18.1 Å². The third-order valence-corrected chi connectivity index (χ3v) is 2.04. The SMILES string of the molecule is CN(CCC#N)c1cc(CC(F)(F)F)ncn1. The fraction of sp³-hybridized carbons (Fsp3) is 0.500. The second-order valence-corrected chi connectivity index (χ2v) is 3.49. The minimum absolute atomic E-state index is 0.0775. The fourth-order valence-electron chi connectivity index (χ4n) is 1.23. The first kappa shape index (κ1) is 13.2. The van der Waals surface area contributed by atoms with E-state index in [2.05, 4.69) is 9.97 Å². The summed E-state index contributed by atoms with van der Waals surface area (Å²) in [4.78, 5) is 9.04. The van der Waals surface area contributed by atoms with Gasteiger partial charge in [-0.15, -0.1) is 0 Å². The van der Waals surface area contributed by atoms with E-state index in [1.807, 2.05) is 6.07 Å². The molecule has 1 aromatic rings. The average molecular weight is 244 g/mol. The molecular formula is C10H11F3N4. The van der Waals surface area contributed by atoms with Crippen LogP contribution in [0.15, 0.2) is 12.4 Å². The van der Waals surface area contributed by atoms with Crippen LogP contribution in [0.25, 0.3) is 0 Å². The lowest BCUT2D eigenvalue weighted by Crippen LogP contribution is -2.20. The number of alkyl halides is 3. The van der Waals surface area contributed by atoms with Gasteiger partial charge in [-0.05, 0) is 0 Å². The number of nitriles is 1. The first-order valence-electron chi connectivity index (χ1n) is 4.88. The molecule has 0 saturated carbocycles. The quantitative estimate of drug-likeness (QED) is 0.812. The lowest BCUT2D eigenvalue weighted by molar-refractivity contribution is -0.127. The van der Waals surface area contributed by atoms with Crippen LogP contribution in [-0.2, 0) is 6.42 Å². The van der Waals surface area contributed by atoms with Crippen molar-refractivity contribution in [2.24, 2.45) is 0 Å². The van der Waals surface area contributed by atoms with Gasteiger partial charge in [0, 0.05) is 19.7 Å². The van der Waals surface area contributed by atoms with Crippen molar-refractivity contribution in [1.29, 1.82) is 5.26 Å². The molecule has 1 rings (SSSR count). The number of rotatable bonds is 4. The molecule has 0 N–H and O–H groups in total. The molecule has 0 spiro atoms. The molecule has 0 unspecified atom stereocenters. The van der Waals surface area contributed by atoms with E-state index < -0.39 is 12.6 Å². The summed E-state index contributed by atoms with van der Waals surface area (Å²) in [5.41, 5.74) is -0.0775. The molecule has 4 nitrogen and oxygen atoms in total. The summed E-state index contributed by atoms with van der Waals surface area (Å²) in [7, 11) is 1.66. The van der Waals surface area contributed by atoms with Gasteiger partial charge in [-0.3, -0.25) is 0 Å². The van der Waals surface area contributed by atoms with Gasteiger partial charge in [-0.2, -0.15) is 18.4 Å². The molecule has 1 heterocycles. The van der Waals surface area contributed by atoms with Crippen LogP contribution in [0.4, 0.5) is 19.0 Å². The van der Waals surface area contributed by atoms with E-state index in [9.17, 15) is 13.2 Å². The molecule has 0 aliphatic heterocycles. The number of hydrogen-bond donors (Lipinski definition) is 0. The molecular weight excluding hydrogens is 233 g/mol. The predicted octanol–water partition coefficient (Wildman–Crippen LogP) is 1.93. The standard InChI is InChI=1S/C10H11F3N4/c1-17(4-2-3-14)9-5-8(15-7-16-9)6-10(11,12)13/h5,7H,2,4,6H2,1H3. The molecule has 7 heteroatoms. The molecule has 0 atom stereocenters. The number of halogens is 3. The highest BCUT2D eigenvalue weighted by atomic mass is 19.4. The second-order valence-electron chi connectivity index (χ2n) is 3.49. The molecule has 0 aliphatic rings. The number of anilines is 1. The maximum Gasteiger partial charge on any atom is 0.394 e. The molecule has 0 fully saturated rings. The van der Waals surface area contributed by atoms with Gasteiger partial charge < -0.3 is 4.90 Å². The van der Waals surface area contributed by atoms with Crippen LogP contribution >= 0.6 is 0 Å². The van der Waals surface area contributed by atoms with Gasteiger partial charge in [-0.25, -0.2) is 9.97 Å². The Balaban J connectivity index is 2.75. The highest BCUT2D eigenvalue weighted by Gasteiger charge is 2.28. The third-order valence-electron chi connectivity index (χ3n) is 2.04. The van der Waals surface area contributed by atoms with E-state index in [1.165, 1.54) is 6.07 Å². The van der Waals surface area contributed by atoms with Gasteiger partial charge in [0.2, 0.25) is 0 Å². The summed E-state index contributed by atoms with van der Waals surface area (Å²) >= 11 is 0. The van der Waals surface area contributed by atoms with Crippen LogP contribution < -0.4 is 4.90 Å². The van der Waals surface area contributed by atoms with Crippen molar-refractivity contribution in [2.45, 2.75) is 19.0 Å². The zero-order chi connectivity index (χ0) is 12.9. The summed E-state index contributed by atoms with van der Waals surface area (Å²) in [6, 6.07) is 3.24. The zero-order valence-electron chi connectivity index (χ0n) is 9.20. The van der Waals surface area contributed by atoms with Crippen LogP contribution in [0.1, 0.15) is 12.1 Å². The zero-order valence-corrected chi connectivity index (χ0v) is 9.20. The maximum absolute atomic E-state index is 12.2. The minimum Gasteiger partial charge on any atom is -0.359 e. The Bertz CT molecular complexity index is 411. The van der Waals surface area contributed by atoms with Crippen LogP contribution in [0, 0.1) is 11.3 Å². The fourth-order valence-corrected chi connectivity index (χ4v) is 1.23. The third kappa shape index (κ3) is 4.68. The summed E-state index contributed by atoms with van der Waals surface area (Å²) in [5.74, 6) is 0.384. The molecule has 0 saturated heterocycles. The molecule has 0 amide bonds. The highest BCUT2D eigenvalue weighted by Crippen LogP contribution is 2.21. The van der Waals surface area contributed by atoms with Gasteiger partial charge in [0.25, 0.3) is 0 Å². The van der Waals surface area contributed by atoms with Crippen molar-refractivity contribution in [3.63, 3.8) is 0 Å².